The lowest BCUT2D eigenvalue weighted by molar-refractivity contribution is -0.137. The second-order valence-electron chi connectivity index (χ2n) is 8.37. The van der Waals surface area contributed by atoms with Crippen LogP contribution in [0.25, 0.3) is 11.1 Å². The Bertz CT molecular complexity index is 1210. The van der Waals surface area contributed by atoms with E-state index in [1.54, 1.807) is 42.5 Å². The maximum Gasteiger partial charge on any atom is 0.343 e. The molecule has 0 radical (unpaired) electrons. The van der Waals surface area contributed by atoms with Crippen LogP contribution in [0, 0.1) is 0 Å². The molecule has 0 heterocycles. The Morgan fingerprint density at radius 2 is 1.42 bits per heavy atom. The van der Waals surface area contributed by atoms with Gasteiger partial charge >= 0.3 is 11.9 Å². The van der Waals surface area contributed by atoms with E-state index in [1.165, 1.54) is 0 Å². The Kier molecular flexibility index (Phi) is 11.1. The molecule has 0 saturated heterocycles. The molecular formula is C31H32O7. The van der Waals surface area contributed by atoms with Gasteiger partial charge in [-0.15, -0.1) is 0 Å². The van der Waals surface area contributed by atoms with Gasteiger partial charge in [-0.3, -0.25) is 4.79 Å². The van der Waals surface area contributed by atoms with Crippen LogP contribution in [-0.4, -0.2) is 38.0 Å². The minimum absolute atomic E-state index is 0.284. The third kappa shape index (κ3) is 8.62. The van der Waals surface area contributed by atoms with Crippen molar-refractivity contribution in [2.75, 3.05) is 19.8 Å². The molecule has 0 amide bonds. The van der Waals surface area contributed by atoms with Crippen molar-refractivity contribution in [3.05, 3.63) is 90.5 Å². The Morgan fingerprint density at radius 1 is 0.789 bits per heavy atom. The second-order valence-corrected chi connectivity index (χ2v) is 8.37. The zero-order chi connectivity index (χ0) is 27.2. The van der Waals surface area contributed by atoms with Gasteiger partial charge in [0.1, 0.15) is 17.2 Å². The van der Waals surface area contributed by atoms with Crippen LogP contribution in [0.4, 0.5) is 0 Å². The summed E-state index contributed by atoms with van der Waals surface area (Å²) in [6, 6.07) is 19.2. The molecule has 0 N–H and O–H groups in total. The number of esters is 2. The highest BCUT2D eigenvalue weighted by Gasteiger charge is 2.12. The van der Waals surface area contributed by atoms with Crippen molar-refractivity contribution in [2.24, 2.45) is 0 Å². The van der Waals surface area contributed by atoms with Crippen LogP contribution in [0.3, 0.4) is 0 Å². The number of carbonyl (C=O) groups is 3. The average Bonchev–Trinajstić information content (AvgIpc) is 2.95. The Labute approximate surface area is 223 Å². The number of ether oxygens (including phenoxy) is 4. The molecule has 0 fully saturated rings. The highest BCUT2D eigenvalue weighted by molar-refractivity contribution is 5.92. The Hall–Kier alpha value is -4.39. The first-order valence-electron chi connectivity index (χ1n) is 12.6. The molecule has 7 nitrogen and oxygen atoms in total. The SMILES string of the molecule is C=CC(=O)OCCCCCCOc1ccc(C(=O)Oc2ccc(-c3ccc(OCC)cc3)c(C=O)c2)cc1. The first-order chi connectivity index (χ1) is 18.5. The van der Waals surface area contributed by atoms with Gasteiger partial charge in [-0.1, -0.05) is 18.7 Å². The Balaban J connectivity index is 1.47. The average molecular weight is 517 g/mol. The number of hydrogen-bond donors (Lipinski definition) is 0. The van der Waals surface area contributed by atoms with Gasteiger partial charge in [0.05, 0.1) is 25.4 Å². The fourth-order valence-corrected chi connectivity index (χ4v) is 3.69. The lowest BCUT2D eigenvalue weighted by atomic mass is 10.00. The topological polar surface area (TPSA) is 88.1 Å². The monoisotopic (exact) mass is 516 g/mol. The third-order valence-electron chi connectivity index (χ3n) is 5.65. The fourth-order valence-electron chi connectivity index (χ4n) is 3.69. The van der Waals surface area contributed by atoms with Crippen LogP contribution < -0.4 is 14.2 Å². The van der Waals surface area contributed by atoms with Crippen molar-refractivity contribution in [1.82, 2.24) is 0 Å². The standard InChI is InChI=1S/C31H32O7/c1-3-30(33)37-20-8-6-5-7-19-36-27-15-11-24(12-16-27)31(34)38-28-17-18-29(25(21-28)22-32)23-9-13-26(14-10-23)35-4-2/h3,9-18,21-22H,1,4-8,19-20H2,2H3. The van der Waals surface area contributed by atoms with Crippen molar-refractivity contribution in [3.63, 3.8) is 0 Å². The van der Waals surface area contributed by atoms with Crippen molar-refractivity contribution < 1.29 is 33.3 Å². The molecule has 0 saturated carbocycles. The highest BCUT2D eigenvalue weighted by atomic mass is 16.5. The lowest BCUT2D eigenvalue weighted by Gasteiger charge is -2.10. The van der Waals surface area contributed by atoms with Gasteiger partial charge in [0.2, 0.25) is 0 Å². The summed E-state index contributed by atoms with van der Waals surface area (Å²) >= 11 is 0. The lowest BCUT2D eigenvalue weighted by Crippen LogP contribution is -2.09. The first kappa shape index (κ1) is 28.2. The number of carbonyl (C=O) groups excluding carboxylic acids is 3. The molecular weight excluding hydrogens is 484 g/mol. The molecule has 0 spiro atoms. The molecule has 0 aliphatic carbocycles. The van der Waals surface area contributed by atoms with E-state index >= 15 is 0 Å². The highest BCUT2D eigenvalue weighted by Crippen LogP contribution is 2.28. The van der Waals surface area contributed by atoms with Gasteiger partial charge < -0.3 is 18.9 Å². The van der Waals surface area contributed by atoms with Crippen LogP contribution in [0.2, 0.25) is 0 Å². The predicted molar refractivity (Wildman–Crippen MR) is 145 cm³/mol. The van der Waals surface area contributed by atoms with Crippen molar-refractivity contribution in [2.45, 2.75) is 32.6 Å². The van der Waals surface area contributed by atoms with Gasteiger partial charge in [-0.25, -0.2) is 9.59 Å². The van der Waals surface area contributed by atoms with Crippen LogP contribution >= 0.6 is 0 Å². The van der Waals surface area contributed by atoms with Crippen LogP contribution in [-0.2, 0) is 9.53 Å². The molecule has 0 aromatic heterocycles. The smallest absolute Gasteiger partial charge is 0.343 e. The second kappa shape index (κ2) is 15.0. The summed E-state index contributed by atoms with van der Waals surface area (Å²) in [4.78, 5) is 35.3. The van der Waals surface area contributed by atoms with E-state index in [4.69, 9.17) is 18.9 Å². The molecule has 3 aromatic rings. The maximum atomic E-state index is 12.6. The summed E-state index contributed by atoms with van der Waals surface area (Å²) in [5.74, 6) is 0.770. The van der Waals surface area contributed by atoms with Gasteiger partial charge in [0.15, 0.2) is 6.29 Å². The van der Waals surface area contributed by atoms with Crippen molar-refractivity contribution in [3.8, 4) is 28.4 Å². The third-order valence-corrected chi connectivity index (χ3v) is 5.65. The zero-order valence-corrected chi connectivity index (χ0v) is 21.5. The van der Waals surface area contributed by atoms with Gasteiger partial charge in [0.25, 0.3) is 0 Å². The normalized spacial score (nSPS) is 10.3. The van der Waals surface area contributed by atoms with Gasteiger partial charge in [0, 0.05) is 11.6 Å². The molecule has 0 atom stereocenters. The number of benzene rings is 3. The molecule has 38 heavy (non-hydrogen) atoms. The van der Waals surface area contributed by atoms with Crippen LogP contribution in [0.5, 0.6) is 17.2 Å². The van der Waals surface area contributed by atoms with E-state index in [0.717, 1.165) is 54.9 Å². The van der Waals surface area contributed by atoms with E-state index < -0.39 is 11.9 Å². The fraction of sp³-hybridized carbons (Fsp3) is 0.258. The van der Waals surface area contributed by atoms with E-state index in [0.29, 0.717) is 36.7 Å². The molecule has 0 unspecified atom stereocenters. The van der Waals surface area contributed by atoms with Crippen molar-refractivity contribution >= 4 is 18.2 Å². The van der Waals surface area contributed by atoms with Crippen LogP contribution in [0.15, 0.2) is 79.4 Å². The van der Waals surface area contributed by atoms with E-state index in [1.807, 2.05) is 31.2 Å². The molecule has 198 valence electrons. The van der Waals surface area contributed by atoms with Crippen molar-refractivity contribution in [1.29, 1.82) is 0 Å². The molecule has 3 rings (SSSR count). The quantitative estimate of drug-likeness (QED) is 0.0754. The summed E-state index contributed by atoms with van der Waals surface area (Å²) in [5.41, 5.74) is 2.38. The number of unbranched alkanes of at least 4 members (excludes halogenated alkanes) is 3. The molecule has 0 aliphatic rings. The van der Waals surface area contributed by atoms with E-state index in [2.05, 4.69) is 6.58 Å². The minimum atomic E-state index is -0.528. The summed E-state index contributed by atoms with van der Waals surface area (Å²) in [5, 5.41) is 0. The van der Waals surface area contributed by atoms with E-state index in [-0.39, 0.29) is 5.75 Å². The summed E-state index contributed by atoms with van der Waals surface area (Å²) in [6.45, 7) is 6.79. The predicted octanol–water partition coefficient (Wildman–Crippen LogP) is 6.45. The summed E-state index contributed by atoms with van der Waals surface area (Å²) in [6.07, 6.45) is 5.46. The van der Waals surface area contributed by atoms with Gasteiger partial charge in [-0.2, -0.15) is 0 Å². The first-order valence-corrected chi connectivity index (χ1v) is 12.6. The molecule has 3 aromatic carbocycles. The van der Waals surface area contributed by atoms with E-state index in [9.17, 15) is 14.4 Å². The van der Waals surface area contributed by atoms with Crippen LogP contribution in [0.1, 0.15) is 53.3 Å². The molecule has 7 heteroatoms. The molecule has 0 bridgehead atoms. The Morgan fingerprint density at radius 3 is 2.08 bits per heavy atom. The largest absolute Gasteiger partial charge is 0.494 e. The molecule has 0 aliphatic heterocycles. The summed E-state index contributed by atoms with van der Waals surface area (Å²) < 4.78 is 21.6. The summed E-state index contributed by atoms with van der Waals surface area (Å²) in [7, 11) is 0. The number of rotatable bonds is 15. The number of hydrogen-bond acceptors (Lipinski definition) is 7. The number of aldehydes is 1. The van der Waals surface area contributed by atoms with Gasteiger partial charge in [-0.05, 0) is 98.3 Å². The maximum absolute atomic E-state index is 12.6. The zero-order valence-electron chi connectivity index (χ0n) is 21.5. The minimum Gasteiger partial charge on any atom is -0.494 e.